The summed E-state index contributed by atoms with van der Waals surface area (Å²) in [5.41, 5.74) is 6.25. The van der Waals surface area contributed by atoms with Crippen molar-refractivity contribution in [2.75, 3.05) is 7.05 Å². The zero-order valence-electron chi connectivity index (χ0n) is 9.41. The molecular weight excluding hydrogens is 172 g/mol. The van der Waals surface area contributed by atoms with Gasteiger partial charge in [-0.1, -0.05) is 25.7 Å². The van der Waals surface area contributed by atoms with Crippen molar-refractivity contribution < 1.29 is 0 Å². The molecule has 0 saturated heterocycles. The van der Waals surface area contributed by atoms with Crippen LogP contribution in [-0.2, 0) is 0 Å². The monoisotopic (exact) mass is 196 g/mol. The molecule has 0 aromatic carbocycles. The van der Waals surface area contributed by atoms with Crippen LogP contribution in [-0.4, -0.2) is 30.1 Å². The predicted molar refractivity (Wildman–Crippen MR) is 60.3 cm³/mol. The number of nitrogens with two attached hydrogens (primary N) is 1. The van der Waals surface area contributed by atoms with Crippen LogP contribution in [0.2, 0.25) is 0 Å². The Morgan fingerprint density at radius 1 is 0.929 bits per heavy atom. The first kappa shape index (κ1) is 10.4. The normalized spacial score (nSPS) is 35.4. The van der Waals surface area contributed by atoms with Gasteiger partial charge in [0.15, 0.2) is 0 Å². The molecule has 0 spiro atoms. The van der Waals surface area contributed by atoms with Gasteiger partial charge in [0.05, 0.1) is 0 Å². The molecule has 0 heterocycles. The number of rotatable bonds is 2. The molecule has 0 bridgehead atoms. The molecular formula is C12H24N2. The lowest BCUT2D eigenvalue weighted by Gasteiger charge is -2.41. The molecule has 2 unspecified atom stereocenters. The molecule has 2 heteroatoms. The van der Waals surface area contributed by atoms with Gasteiger partial charge in [0.1, 0.15) is 0 Å². The van der Waals surface area contributed by atoms with Gasteiger partial charge in [-0.15, -0.1) is 0 Å². The van der Waals surface area contributed by atoms with E-state index in [0.29, 0.717) is 12.1 Å². The Balaban J connectivity index is 1.91. The molecule has 2 aliphatic rings. The fraction of sp³-hybridized carbons (Fsp3) is 1.00. The molecule has 2 rings (SSSR count). The summed E-state index contributed by atoms with van der Waals surface area (Å²) in [6, 6.07) is 1.95. The molecule has 2 aliphatic carbocycles. The van der Waals surface area contributed by atoms with Crippen molar-refractivity contribution in [2.45, 2.75) is 69.5 Å². The second kappa shape index (κ2) is 4.63. The minimum atomic E-state index is 0.433. The third kappa shape index (κ3) is 2.12. The van der Waals surface area contributed by atoms with Gasteiger partial charge in [-0.25, -0.2) is 0 Å². The number of hydrogen-bond donors (Lipinski definition) is 1. The lowest BCUT2D eigenvalue weighted by Crippen LogP contribution is -2.51. The van der Waals surface area contributed by atoms with Gasteiger partial charge in [0.2, 0.25) is 0 Å². The predicted octanol–water partition coefficient (Wildman–Crippen LogP) is 2.13. The molecule has 0 radical (unpaired) electrons. The van der Waals surface area contributed by atoms with E-state index in [1.54, 1.807) is 0 Å². The average Bonchev–Trinajstić information content (AvgIpc) is 2.26. The number of hydrogen-bond acceptors (Lipinski definition) is 2. The van der Waals surface area contributed by atoms with E-state index in [-0.39, 0.29) is 0 Å². The van der Waals surface area contributed by atoms with Crippen LogP contribution in [0.3, 0.4) is 0 Å². The van der Waals surface area contributed by atoms with Crippen molar-refractivity contribution >= 4 is 0 Å². The Morgan fingerprint density at radius 3 is 2.29 bits per heavy atom. The van der Waals surface area contributed by atoms with E-state index >= 15 is 0 Å². The molecule has 2 nitrogen and oxygen atoms in total. The second-order valence-corrected chi connectivity index (χ2v) is 5.12. The summed E-state index contributed by atoms with van der Waals surface area (Å²) < 4.78 is 0. The third-order valence-corrected chi connectivity index (χ3v) is 4.21. The van der Waals surface area contributed by atoms with E-state index < -0.39 is 0 Å². The minimum absolute atomic E-state index is 0.433. The molecule has 82 valence electrons. The Bertz CT molecular complexity index is 177. The van der Waals surface area contributed by atoms with Gasteiger partial charge in [0, 0.05) is 18.1 Å². The molecule has 2 atom stereocenters. The maximum atomic E-state index is 6.25. The topological polar surface area (TPSA) is 29.3 Å². The smallest absolute Gasteiger partial charge is 0.0247 e. The quantitative estimate of drug-likeness (QED) is 0.686. The molecule has 0 aliphatic heterocycles. The summed E-state index contributed by atoms with van der Waals surface area (Å²) in [7, 11) is 2.29. The highest BCUT2D eigenvalue weighted by Crippen LogP contribution is 2.29. The molecule has 0 aromatic rings. The second-order valence-electron chi connectivity index (χ2n) is 5.12. The van der Waals surface area contributed by atoms with Crippen molar-refractivity contribution in [3.63, 3.8) is 0 Å². The van der Waals surface area contributed by atoms with Crippen LogP contribution in [0.5, 0.6) is 0 Å². The zero-order valence-corrected chi connectivity index (χ0v) is 9.41. The maximum absolute atomic E-state index is 6.25. The summed E-state index contributed by atoms with van der Waals surface area (Å²) in [6.07, 6.45) is 10.9. The SMILES string of the molecule is CN(C1CCC1)C1CCCCCC1N. The molecule has 2 fully saturated rings. The van der Waals surface area contributed by atoms with E-state index in [9.17, 15) is 0 Å². The summed E-state index contributed by atoms with van der Waals surface area (Å²) in [6.45, 7) is 0. The third-order valence-electron chi connectivity index (χ3n) is 4.21. The molecule has 2 saturated carbocycles. The van der Waals surface area contributed by atoms with Gasteiger partial charge in [0.25, 0.3) is 0 Å². The van der Waals surface area contributed by atoms with Crippen LogP contribution >= 0.6 is 0 Å². The Kier molecular flexibility index (Phi) is 3.45. The van der Waals surface area contributed by atoms with Crippen molar-refractivity contribution in [1.82, 2.24) is 4.90 Å². The fourth-order valence-electron chi connectivity index (χ4n) is 2.89. The van der Waals surface area contributed by atoms with Crippen LogP contribution < -0.4 is 5.73 Å². The first-order valence-corrected chi connectivity index (χ1v) is 6.26. The van der Waals surface area contributed by atoms with Crippen molar-refractivity contribution in [3.8, 4) is 0 Å². The number of nitrogens with zero attached hydrogens (tertiary/aromatic N) is 1. The summed E-state index contributed by atoms with van der Waals surface area (Å²) in [4.78, 5) is 2.58. The first-order chi connectivity index (χ1) is 6.79. The van der Waals surface area contributed by atoms with Crippen LogP contribution in [0.25, 0.3) is 0 Å². The van der Waals surface area contributed by atoms with Crippen LogP contribution in [0.1, 0.15) is 51.4 Å². The average molecular weight is 196 g/mol. The summed E-state index contributed by atoms with van der Waals surface area (Å²) in [5, 5.41) is 0. The van der Waals surface area contributed by atoms with Crippen LogP contribution in [0.15, 0.2) is 0 Å². The maximum Gasteiger partial charge on any atom is 0.0247 e. The van der Waals surface area contributed by atoms with Crippen molar-refractivity contribution in [1.29, 1.82) is 0 Å². The highest BCUT2D eigenvalue weighted by Gasteiger charge is 2.31. The van der Waals surface area contributed by atoms with Gasteiger partial charge < -0.3 is 5.73 Å². The van der Waals surface area contributed by atoms with Crippen molar-refractivity contribution in [2.24, 2.45) is 5.73 Å². The van der Waals surface area contributed by atoms with E-state index in [0.717, 1.165) is 6.04 Å². The molecule has 2 N–H and O–H groups in total. The van der Waals surface area contributed by atoms with E-state index in [1.165, 1.54) is 51.4 Å². The summed E-state index contributed by atoms with van der Waals surface area (Å²) in [5.74, 6) is 0. The fourth-order valence-corrected chi connectivity index (χ4v) is 2.89. The molecule has 14 heavy (non-hydrogen) atoms. The standard InChI is InChI=1S/C12H24N2/c1-14(10-6-5-7-10)12-9-4-2-3-8-11(12)13/h10-12H,2-9,13H2,1H3. The largest absolute Gasteiger partial charge is 0.326 e. The lowest BCUT2D eigenvalue weighted by molar-refractivity contribution is 0.0909. The highest BCUT2D eigenvalue weighted by atomic mass is 15.2. The van der Waals surface area contributed by atoms with Gasteiger partial charge in [-0.05, 0) is 32.7 Å². The van der Waals surface area contributed by atoms with Gasteiger partial charge in [-0.3, -0.25) is 4.90 Å². The lowest BCUT2D eigenvalue weighted by atomic mass is 9.89. The van der Waals surface area contributed by atoms with Crippen LogP contribution in [0.4, 0.5) is 0 Å². The Hall–Kier alpha value is -0.0800. The zero-order chi connectivity index (χ0) is 9.97. The van der Waals surface area contributed by atoms with E-state index in [2.05, 4.69) is 11.9 Å². The molecule has 0 aromatic heterocycles. The van der Waals surface area contributed by atoms with Crippen LogP contribution in [0, 0.1) is 0 Å². The van der Waals surface area contributed by atoms with Gasteiger partial charge >= 0.3 is 0 Å². The Labute approximate surface area is 87.8 Å². The van der Waals surface area contributed by atoms with E-state index in [1.807, 2.05) is 0 Å². The van der Waals surface area contributed by atoms with Gasteiger partial charge in [-0.2, -0.15) is 0 Å². The highest BCUT2D eigenvalue weighted by molar-refractivity contribution is 4.89. The summed E-state index contributed by atoms with van der Waals surface area (Å²) >= 11 is 0. The molecule has 0 amide bonds. The van der Waals surface area contributed by atoms with E-state index in [4.69, 9.17) is 5.73 Å². The first-order valence-electron chi connectivity index (χ1n) is 6.26. The Morgan fingerprint density at radius 2 is 1.64 bits per heavy atom. The minimum Gasteiger partial charge on any atom is -0.326 e. The number of likely N-dealkylation sites (N-methyl/N-ethyl adjacent to an activating group) is 1. The van der Waals surface area contributed by atoms with Crippen molar-refractivity contribution in [3.05, 3.63) is 0 Å².